The normalized spacial score (nSPS) is 12.6. The molecule has 0 unspecified atom stereocenters. The predicted molar refractivity (Wildman–Crippen MR) is 207 cm³/mol. The van der Waals surface area contributed by atoms with Gasteiger partial charge in [-0.05, 0) is 85.3 Å². The summed E-state index contributed by atoms with van der Waals surface area (Å²) in [5, 5.41) is 4.04. The lowest BCUT2D eigenvalue weighted by Gasteiger charge is -2.13. The molecule has 3 heteroatoms. The Morgan fingerprint density at radius 3 is 1.60 bits per heavy atom. The molecule has 234 valence electrons. The van der Waals surface area contributed by atoms with Gasteiger partial charge in [-0.1, -0.05) is 158 Å². The highest BCUT2D eigenvalue weighted by Crippen LogP contribution is 2.36. The monoisotopic (exact) mass is 642 g/mol. The minimum absolute atomic E-state index is 0.162. The Morgan fingerprint density at radius 1 is 0.320 bits per heavy atom. The van der Waals surface area contributed by atoms with Gasteiger partial charge in [-0.15, -0.1) is 0 Å². The molecule has 3 nitrogen and oxygen atoms in total. The SMILES string of the molecule is [2H]c1c([2H])c([2H])c(-c2cc(-c3cccc(-c4nc(-c5ccccc5)nc(-c5ccc6cc(-c7ccccc7)ccc6c5)n4)c3)c3ccccc3c2)c([2H])c1[2H]. The molecule has 8 aromatic carbocycles. The van der Waals surface area contributed by atoms with Crippen molar-refractivity contribution in [2.75, 3.05) is 0 Å². The summed E-state index contributed by atoms with van der Waals surface area (Å²) in [6.07, 6.45) is 0. The minimum atomic E-state index is -0.417. The zero-order valence-electron chi connectivity index (χ0n) is 31.9. The molecule has 0 saturated heterocycles. The third-order valence-electron chi connectivity index (χ3n) is 8.96. The maximum atomic E-state index is 8.68. The molecule has 0 N–H and O–H groups in total. The Bertz CT molecular complexity index is 2900. The third-order valence-corrected chi connectivity index (χ3v) is 8.96. The molecule has 0 spiro atoms. The molecule has 0 amide bonds. The Kier molecular flexibility index (Phi) is 6.22. The van der Waals surface area contributed by atoms with E-state index in [1.165, 1.54) is 5.56 Å². The highest BCUT2D eigenvalue weighted by Gasteiger charge is 2.15. The molecule has 0 radical (unpaired) electrons. The van der Waals surface area contributed by atoms with Crippen LogP contribution in [0.4, 0.5) is 0 Å². The summed E-state index contributed by atoms with van der Waals surface area (Å²) in [7, 11) is 0. The first-order valence-electron chi connectivity index (χ1n) is 18.9. The summed E-state index contributed by atoms with van der Waals surface area (Å²) in [5.74, 6) is 1.62. The van der Waals surface area contributed by atoms with Crippen molar-refractivity contribution in [2.24, 2.45) is 0 Å². The van der Waals surface area contributed by atoms with Crippen LogP contribution in [-0.2, 0) is 0 Å². The molecule has 0 atom stereocenters. The maximum Gasteiger partial charge on any atom is 0.164 e. The smallest absolute Gasteiger partial charge is 0.164 e. The van der Waals surface area contributed by atoms with Crippen LogP contribution < -0.4 is 0 Å². The number of benzene rings is 8. The first kappa shape index (κ1) is 24.4. The van der Waals surface area contributed by atoms with Crippen LogP contribution in [0.15, 0.2) is 188 Å². The van der Waals surface area contributed by atoms with Gasteiger partial charge in [0.15, 0.2) is 17.5 Å². The van der Waals surface area contributed by atoms with Gasteiger partial charge >= 0.3 is 0 Å². The van der Waals surface area contributed by atoms with Gasteiger partial charge in [0.25, 0.3) is 0 Å². The lowest BCUT2D eigenvalue weighted by molar-refractivity contribution is 1.07. The Morgan fingerprint density at radius 2 is 0.860 bits per heavy atom. The molecule has 9 aromatic rings. The molecule has 0 fully saturated rings. The van der Waals surface area contributed by atoms with Crippen LogP contribution in [0.2, 0.25) is 0 Å². The van der Waals surface area contributed by atoms with E-state index in [1.54, 1.807) is 0 Å². The van der Waals surface area contributed by atoms with Gasteiger partial charge in [-0.25, -0.2) is 15.0 Å². The molecule has 0 aliphatic heterocycles. The summed E-state index contributed by atoms with van der Waals surface area (Å²) in [5.41, 5.74) is 7.26. The molecular weight excluding hydrogens is 607 g/mol. The van der Waals surface area contributed by atoms with Crippen molar-refractivity contribution in [3.05, 3.63) is 188 Å². The van der Waals surface area contributed by atoms with Crippen molar-refractivity contribution in [1.29, 1.82) is 0 Å². The van der Waals surface area contributed by atoms with E-state index in [4.69, 9.17) is 21.8 Å². The van der Waals surface area contributed by atoms with E-state index < -0.39 is 6.04 Å². The molecule has 0 aliphatic carbocycles. The average molecular weight is 643 g/mol. The van der Waals surface area contributed by atoms with Crippen LogP contribution in [0.25, 0.3) is 89.1 Å². The van der Waals surface area contributed by atoms with E-state index in [9.17, 15) is 0 Å². The van der Waals surface area contributed by atoms with E-state index in [1.807, 2.05) is 109 Å². The number of rotatable bonds is 6. The average Bonchev–Trinajstić information content (AvgIpc) is 3.25. The molecule has 1 heterocycles. The molecule has 50 heavy (non-hydrogen) atoms. The van der Waals surface area contributed by atoms with Gasteiger partial charge in [0.1, 0.15) is 0 Å². The topological polar surface area (TPSA) is 38.7 Å². The van der Waals surface area contributed by atoms with Gasteiger partial charge in [-0.3, -0.25) is 0 Å². The number of nitrogens with zero attached hydrogens (tertiary/aromatic N) is 3. The van der Waals surface area contributed by atoms with E-state index in [0.717, 1.165) is 54.9 Å². The van der Waals surface area contributed by atoms with Crippen molar-refractivity contribution in [2.45, 2.75) is 0 Å². The highest BCUT2D eigenvalue weighted by molar-refractivity contribution is 6.00. The fraction of sp³-hybridized carbons (Fsp3) is 0. The van der Waals surface area contributed by atoms with Gasteiger partial charge in [0, 0.05) is 16.7 Å². The zero-order valence-corrected chi connectivity index (χ0v) is 26.9. The Balaban J connectivity index is 1.18. The third kappa shape index (κ3) is 5.72. The fourth-order valence-electron chi connectivity index (χ4n) is 6.46. The molecule has 9 rings (SSSR count). The van der Waals surface area contributed by atoms with Crippen molar-refractivity contribution in [1.82, 2.24) is 15.0 Å². The summed E-state index contributed by atoms with van der Waals surface area (Å²) in [6, 6.07) is 51.0. The molecule has 0 saturated carbocycles. The summed E-state index contributed by atoms with van der Waals surface area (Å²) >= 11 is 0. The number of aromatic nitrogens is 3. The van der Waals surface area contributed by atoms with Crippen molar-refractivity contribution in [3.63, 3.8) is 0 Å². The van der Waals surface area contributed by atoms with Gasteiger partial charge < -0.3 is 0 Å². The van der Waals surface area contributed by atoms with Crippen LogP contribution >= 0.6 is 0 Å². The second-order valence-corrected chi connectivity index (χ2v) is 12.1. The summed E-state index contributed by atoms with van der Waals surface area (Å²) in [4.78, 5) is 15.0. The van der Waals surface area contributed by atoms with Crippen LogP contribution in [-0.4, -0.2) is 15.0 Å². The second kappa shape index (κ2) is 12.7. The largest absolute Gasteiger partial charge is 0.208 e. The highest BCUT2D eigenvalue weighted by atomic mass is 15.0. The molecular formula is C47H31N3. The quantitative estimate of drug-likeness (QED) is 0.181. The van der Waals surface area contributed by atoms with Gasteiger partial charge in [0.05, 0.1) is 6.85 Å². The Labute approximate surface area is 298 Å². The van der Waals surface area contributed by atoms with E-state index in [-0.39, 0.29) is 29.7 Å². The molecule has 0 aliphatic rings. The zero-order chi connectivity index (χ0) is 37.6. The number of fused-ring (bicyclic) bond motifs is 2. The lowest BCUT2D eigenvalue weighted by atomic mass is 9.92. The van der Waals surface area contributed by atoms with Crippen LogP contribution in [0.1, 0.15) is 6.85 Å². The summed E-state index contributed by atoms with van der Waals surface area (Å²) < 4.78 is 42.1. The predicted octanol–water partition coefficient (Wildman–Crippen LogP) is 12.2. The van der Waals surface area contributed by atoms with E-state index >= 15 is 0 Å². The standard InChI is InChI=1S/C47H31N3/c1-4-13-32(14-5-1)35-23-24-37-28-41(26-25-36(37)27-35)47-49-45(34-17-8-3-9-18-34)48-46(50-47)40-21-12-20-39(29-40)44-31-42(33-15-6-2-7-16-33)30-38-19-10-11-22-43(38)44/h1-31H/i2D,6D,7D,15D,16D. The van der Waals surface area contributed by atoms with Gasteiger partial charge in [0.2, 0.25) is 0 Å². The number of hydrogen-bond donors (Lipinski definition) is 0. The second-order valence-electron chi connectivity index (χ2n) is 12.1. The first-order chi connectivity index (χ1) is 26.8. The first-order valence-corrected chi connectivity index (χ1v) is 16.4. The lowest BCUT2D eigenvalue weighted by Crippen LogP contribution is -2.00. The van der Waals surface area contributed by atoms with E-state index in [0.29, 0.717) is 23.0 Å². The maximum absolute atomic E-state index is 8.68. The minimum Gasteiger partial charge on any atom is -0.208 e. The van der Waals surface area contributed by atoms with Gasteiger partial charge in [-0.2, -0.15) is 0 Å². The Hall–Kier alpha value is -6.71. The molecule has 0 bridgehead atoms. The van der Waals surface area contributed by atoms with Crippen LogP contribution in [0.5, 0.6) is 0 Å². The van der Waals surface area contributed by atoms with Crippen molar-refractivity contribution < 1.29 is 6.85 Å². The molecule has 1 aromatic heterocycles. The van der Waals surface area contributed by atoms with Crippen molar-refractivity contribution >= 4 is 21.5 Å². The van der Waals surface area contributed by atoms with E-state index in [2.05, 4.69) is 48.5 Å². The van der Waals surface area contributed by atoms with Crippen LogP contribution in [0, 0.1) is 0 Å². The van der Waals surface area contributed by atoms with Crippen molar-refractivity contribution in [3.8, 4) is 67.5 Å². The fourth-order valence-corrected chi connectivity index (χ4v) is 6.46. The van der Waals surface area contributed by atoms with Crippen LogP contribution in [0.3, 0.4) is 0 Å². The number of hydrogen-bond acceptors (Lipinski definition) is 3. The summed E-state index contributed by atoms with van der Waals surface area (Å²) in [6.45, 7) is 0.